The van der Waals surface area contributed by atoms with Crippen LogP contribution >= 0.6 is 0 Å². The molecule has 3 rings (SSSR count). The lowest BCUT2D eigenvalue weighted by Crippen LogP contribution is -2.49. The number of benzene rings is 1. The Morgan fingerprint density at radius 3 is 1.74 bits per heavy atom. The summed E-state index contributed by atoms with van der Waals surface area (Å²) in [5, 5.41) is 4.03. The second kappa shape index (κ2) is 7.90. The van der Waals surface area contributed by atoms with Gasteiger partial charge in [-0.15, -0.1) is 0 Å². The van der Waals surface area contributed by atoms with Gasteiger partial charge in [0.2, 0.25) is 0 Å². The van der Waals surface area contributed by atoms with Gasteiger partial charge in [-0.05, 0) is 60.5 Å². The van der Waals surface area contributed by atoms with Crippen LogP contribution in [0.5, 0.6) is 0 Å². The van der Waals surface area contributed by atoms with Gasteiger partial charge in [0.15, 0.2) is 0 Å². The normalized spacial score (nSPS) is 28.3. The quantitative estimate of drug-likeness (QED) is 0.597. The van der Waals surface area contributed by atoms with Crippen LogP contribution in [0.4, 0.5) is 0 Å². The molecule has 0 aromatic heterocycles. The van der Waals surface area contributed by atoms with E-state index >= 15 is 0 Å². The van der Waals surface area contributed by atoms with E-state index in [1.165, 1.54) is 63.4 Å². The average molecular weight is 370 g/mol. The third-order valence-corrected chi connectivity index (χ3v) is 7.65. The van der Waals surface area contributed by atoms with Gasteiger partial charge < -0.3 is 5.32 Å². The summed E-state index contributed by atoms with van der Waals surface area (Å²) in [5.74, 6) is 0. The van der Waals surface area contributed by atoms with Crippen LogP contribution < -0.4 is 5.32 Å². The highest BCUT2D eigenvalue weighted by atomic mass is 15.0. The monoisotopic (exact) mass is 369 g/mol. The molecule has 1 heteroatoms. The summed E-state index contributed by atoms with van der Waals surface area (Å²) in [6.07, 6.45) is 12.4. The molecule has 0 radical (unpaired) electrons. The fraction of sp³-hybridized carbons (Fsp3) is 0.769. The van der Waals surface area contributed by atoms with Crippen LogP contribution in [0.25, 0.3) is 0 Å². The molecule has 2 fully saturated rings. The molecule has 0 unspecified atom stereocenters. The first-order chi connectivity index (χ1) is 12.6. The smallest absolute Gasteiger partial charge is 0.00703 e. The molecule has 0 spiro atoms. The number of hydrogen-bond acceptors (Lipinski definition) is 1. The van der Waals surface area contributed by atoms with Gasteiger partial charge in [0.25, 0.3) is 0 Å². The molecule has 152 valence electrons. The predicted octanol–water partition coefficient (Wildman–Crippen LogP) is 7.13. The molecule has 27 heavy (non-hydrogen) atoms. The minimum absolute atomic E-state index is 0.231. The molecule has 0 amide bonds. The summed E-state index contributed by atoms with van der Waals surface area (Å²) in [4.78, 5) is 0. The van der Waals surface area contributed by atoms with Gasteiger partial charge in [0.05, 0.1) is 0 Å². The molecule has 1 aromatic carbocycles. The zero-order valence-electron chi connectivity index (χ0n) is 18.8. The third kappa shape index (κ3) is 4.61. The van der Waals surface area contributed by atoms with Crippen molar-refractivity contribution in [3.8, 4) is 0 Å². The minimum Gasteiger partial charge on any atom is -0.311 e. The van der Waals surface area contributed by atoms with E-state index in [1.807, 2.05) is 0 Å². The Balaban J connectivity index is 1.73. The third-order valence-electron chi connectivity index (χ3n) is 7.65. The Morgan fingerprint density at radius 2 is 1.26 bits per heavy atom. The fourth-order valence-electron chi connectivity index (χ4n) is 5.64. The van der Waals surface area contributed by atoms with Gasteiger partial charge in [-0.2, -0.15) is 0 Å². The van der Waals surface area contributed by atoms with Crippen LogP contribution in [0.1, 0.15) is 110 Å². The molecule has 0 heterocycles. The van der Waals surface area contributed by atoms with Crippen molar-refractivity contribution in [3.63, 3.8) is 0 Å². The average Bonchev–Trinajstić information content (AvgIpc) is 2.62. The Bertz CT molecular complexity index is 585. The molecule has 0 aliphatic heterocycles. The molecule has 1 nitrogen and oxygen atoms in total. The molecule has 1 aromatic rings. The van der Waals surface area contributed by atoms with E-state index in [9.17, 15) is 0 Å². The van der Waals surface area contributed by atoms with Crippen molar-refractivity contribution in [3.05, 3.63) is 35.4 Å². The predicted molar refractivity (Wildman–Crippen MR) is 119 cm³/mol. The maximum Gasteiger partial charge on any atom is 0.00703 e. The molecule has 0 bridgehead atoms. The Labute approximate surface area is 168 Å². The van der Waals surface area contributed by atoms with E-state index in [0.717, 1.165) is 12.1 Å². The summed E-state index contributed by atoms with van der Waals surface area (Å²) in [7, 11) is 0. The lowest BCUT2D eigenvalue weighted by molar-refractivity contribution is 0.106. The lowest BCUT2D eigenvalue weighted by Gasteiger charge is -2.50. The van der Waals surface area contributed by atoms with Crippen LogP contribution in [-0.4, -0.2) is 12.1 Å². The highest BCUT2D eigenvalue weighted by Gasteiger charge is 2.45. The first-order valence-electron chi connectivity index (χ1n) is 11.5. The van der Waals surface area contributed by atoms with Crippen LogP contribution in [0, 0.1) is 5.41 Å². The van der Waals surface area contributed by atoms with Gasteiger partial charge in [0, 0.05) is 17.5 Å². The molecular formula is C26H43N. The van der Waals surface area contributed by atoms with E-state index < -0.39 is 0 Å². The molecule has 0 atom stereocenters. The molecule has 2 aliphatic rings. The minimum atomic E-state index is 0.231. The number of hydrogen-bond donors (Lipinski definition) is 1. The largest absolute Gasteiger partial charge is 0.311 e. The molecule has 1 N–H and O–H groups in total. The SMILES string of the molecule is CC(C)(C)c1ccc([C@]2(C(C)(C)C)CC[C@@H](NC3CCCCC3)CC2)cc1. The second-order valence-electron chi connectivity index (χ2n) is 11.4. The van der Waals surface area contributed by atoms with Crippen LogP contribution in [0.15, 0.2) is 24.3 Å². The van der Waals surface area contributed by atoms with Crippen molar-refractivity contribution in [2.45, 2.75) is 122 Å². The molecule has 2 saturated carbocycles. The standard InChI is InChI=1S/C26H43N/c1-24(2,3)20-12-14-21(15-13-20)26(25(4,5)6)18-16-23(17-19-26)27-22-10-8-7-9-11-22/h12-15,22-23,27H,7-11,16-19H2,1-6H3/t23-,26+. The van der Waals surface area contributed by atoms with Crippen LogP contribution in [0.3, 0.4) is 0 Å². The zero-order chi connectivity index (χ0) is 19.7. The number of nitrogens with one attached hydrogen (secondary N) is 1. The van der Waals surface area contributed by atoms with Crippen LogP contribution in [-0.2, 0) is 10.8 Å². The summed E-state index contributed by atoms with van der Waals surface area (Å²) >= 11 is 0. The highest BCUT2D eigenvalue weighted by molar-refractivity contribution is 5.34. The van der Waals surface area contributed by atoms with Crippen molar-refractivity contribution < 1.29 is 0 Å². The van der Waals surface area contributed by atoms with E-state index in [-0.39, 0.29) is 5.41 Å². The van der Waals surface area contributed by atoms with Gasteiger partial charge in [-0.3, -0.25) is 0 Å². The maximum atomic E-state index is 4.03. The first-order valence-corrected chi connectivity index (χ1v) is 11.5. The van der Waals surface area contributed by atoms with Gasteiger partial charge >= 0.3 is 0 Å². The first kappa shape index (κ1) is 20.9. The van der Waals surface area contributed by atoms with E-state index in [2.05, 4.69) is 71.1 Å². The topological polar surface area (TPSA) is 12.0 Å². The summed E-state index contributed by atoms with van der Waals surface area (Å²) in [6, 6.07) is 11.2. The summed E-state index contributed by atoms with van der Waals surface area (Å²) in [5.41, 5.74) is 3.86. The van der Waals surface area contributed by atoms with Crippen molar-refractivity contribution in [2.75, 3.05) is 0 Å². The Hall–Kier alpha value is -0.820. The van der Waals surface area contributed by atoms with Gasteiger partial charge in [0.1, 0.15) is 0 Å². The van der Waals surface area contributed by atoms with E-state index in [0.29, 0.717) is 10.8 Å². The summed E-state index contributed by atoms with van der Waals surface area (Å²) < 4.78 is 0. The molecule has 0 saturated heterocycles. The molecule has 2 aliphatic carbocycles. The highest BCUT2D eigenvalue weighted by Crippen LogP contribution is 2.51. The van der Waals surface area contributed by atoms with Crippen molar-refractivity contribution >= 4 is 0 Å². The molecular weight excluding hydrogens is 326 g/mol. The summed E-state index contributed by atoms with van der Waals surface area (Å²) in [6.45, 7) is 14.3. The Morgan fingerprint density at radius 1 is 0.741 bits per heavy atom. The number of rotatable bonds is 3. The van der Waals surface area contributed by atoms with Crippen molar-refractivity contribution in [2.24, 2.45) is 5.41 Å². The van der Waals surface area contributed by atoms with Crippen molar-refractivity contribution in [1.29, 1.82) is 0 Å². The maximum absolute atomic E-state index is 4.03. The van der Waals surface area contributed by atoms with Crippen LogP contribution in [0.2, 0.25) is 0 Å². The Kier molecular flexibility index (Phi) is 6.11. The van der Waals surface area contributed by atoms with Gasteiger partial charge in [-0.25, -0.2) is 0 Å². The van der Waals surface area contributed by atoms with Crippen molar-refractivity contribution in [1.82, 2.24) is 5.32 Å². The van der Waals surface area contributed by atoms with E-state index in [1.54, 1.807) is 5.56 Å². The van der Waals surface area contributed by atoms with E-state index in [4.69, 9.17) is 0 Å². The zero-order valence-corrected chi connectivity index (χ0v) is 18.8. The van der Waals surface area contributed by atoms with Gasteiger partial charge in [-0.1, -0.05) is 85.1 Å². The fourth-order valence-corrected chi connectivity index (χ4v) is 5.64. The second-order valence-corrected chi connectivity index (χ2v) is 11.4. The lowest BCUT2D eigenvalue weighted by atomic mass is 9.55.